The highest BCUT2D eigenvalue weighted by atomic mass is 19.1. The molecule has 2 rings (SSSR count). The van der Waals surface area contributed by atoms with Crippen LogP contribution in [0.1, 0.15) is 30.1 Å². The lowest BCUT2D eigenvalue weighted by molar-refractivity contribution is 0.0238. The summed E-state index contributed by atoms with van der Waals surface area (Å²) in [6, 6.07) is 2.08. The highest BCUT2D eigenvalue weighted by Crippen LogP contribution is 2.28. The van der Waals surface area contributed by atoms with Crippen LogP contribution >= 0.6 is 0 Å². The minimum atomic E-state index is -0.778. The summed E-state index contributed by atoms with van der Waals surface area (Å²) in [5.74, 6) is -2.02. The quantitative estimate of drug-likeness (QED) is 0.898. The maximum Gasteiger partial charge on any atom is 0.251 e. The standard InChI is InChI=1S/C15H20F2N2O2/c1-15(3-5-21-6-4-15)9-19-14(20)10-7-11(16)13(18-2)12(17)8-10/h7-8,18H,3-6,9H2,1-2H3,(H,19,20). The molecule has 0 unspecified atom stereocenters. The van der Waals surface area contributed by atoms with E-state index in [2.05, 4.69) is 17.6 Å². The van der Waals surface area contributed by atoms with Gasteiger partial charge in [-0.2, -0.15) is 0 Å². The predicted octanol–water partition coefficient (Wildman–Crippen LogP) is 2.55. The number of nitrogens with one attached hydrogen (secondary N) is 2. The topological polar surface area (TPSA) is 50.4 Å². The molecule has 2 N–H and O–H groups in total. The molecule has 1 aromatic rings. The van der Waals surface area contributed by atoms with Gasteiger partial charge in [-0.3, -0.25) is 4.79 Å². The molecule has 1 heterocycles. The Hall–Kier alpha value is -1.69. The molecule has 1 amide bonds. The Morgan fingerprint density at radius 2 is 1.86 bits per heavy atom. The van der Waals surface area contributed by atoms with Crippen LogP contribution < -0.4 is 10.6 Å². The Labute approximate surface area is 122 Å². The number of carbonyl (C=O) groups is 1. The van der Waals surface area contributed by atoms with E-state index in [1.54, 1.807) is 0 Å². The van der Waals surface area contributed by atoms with Crippen LogP contribution in [0.25, 0.3) is 0 Å². The predicted molar refractivity (Wildman–Crippen MR) is 76.4 cm³/mol. The maximum atomic E-state index is 13.6. The summed E-state index contributed by atoms with van der Waals surface area (Å²) in [7, 11) is 1.42. The van der Waals surface area contributed by atoms with E-state index in [0.717, 1.165) is 25.0 Å². The van der Waals surface area contributed by atoms with Crippen LogP contribution in [-0.4, -0.2) is 32.7 Å². The lowest BCUT2D eigenvalue weighted by Crippen LogP contribution is -2.39. The Balaban J connectivity index is 2.03. The zero-order valence-electron chi connectivity index (χ0n) is 12.3. The van der Waals surface area contributed by atoms with Crippen molar-refractivity contribution in [1.82, 2.24) is 5.32 Å². The van der Waals surface area contributed by atoms with Crippen LogP contribution in [-0.2, 0) is 4.74 Å². The fourth-order valence-corrected chi connectivity index (χ4v) is 2.38. The summed E-state index contributed by atoms with van der Waals surface area (Å²) in [6.45, 7) is 3.88. The molecule has 1 aliphatic rings. The molecule has 0 atom stereocenters. The third-order valence-corrected chi connectivity index (χ3v) is 3.93. The summed E-state index contributed by atoms with van der Waals surface area (Å²) >= 11 is 0. The average molecular weight is 298 g/mol. The van der Waals surface area contributed by atoms with Crippen molar-refractivity contribution in [3.8, 4) is 0 Å². The molecule has 21 heavy (non-hydrogen) atoms. The Morgan fingerprint density at radius 1 is 1.29 bits per heavy atom. The molecule has 0 aromatic heterocycles. The van der Waals surface area contributed by atoms with Gasteiger partial charge in [0.15, 0.2) is 0 Å². The van der Waals surface area contributed by atoms with Gasteiger partial charge in [-0.1, -0.05) is 6.92 Å². The molecule has 0 aliphatic carbocycles. The first-order chi connectivity index (χ1) is 9.95. The van der Waals surface area contributed by atoms with E-state index in [-0.39, 0.29) is 16.7 Å². The van der Waals surface area contributed by atoms with Crippen molar-refractivity contribution in [2.24, 2.45) is 5.41 Å². The number of rotatable bonds is 4. The number of hydrogen-bond acceptors (Lipinski definition) is 3. The summed E-state index contributed by atoms with van der Waals surface area (Å²) < 4.78 is 32.6. The van der Waals surface area contributed by atoms with E-state index in [4.69, 9.17) is 4.74 Å². The molecule has 1 saturated heterocycles. The third kappa shape index (κ3) is 3.69. The molecule has 1 aromatic carbocycles. The minimum Gasteiger partial charge on any atom is -0.383 e. The summed E-state index contributed by atoms with van der Waals surface area (Å²) in [5.41, 5.74) is -0.279. The first-order valence-corrected chi connectivity index (χ1v) is 6.98. The maximum absolute atomic E-state index is 13.6. The second kappa shape index (κ2) is 6.39. The van der Waals surface area contributed by atoms with E-state index in [1.165, 1.54) is 7.05 Å². The Morgan fingerprint density at radius 3 is 2.38 bits per heavy atom. The molecule has 116 valence electrons. The third-order valence-electron chi connectivity index (χ3n) is 3.93. The van der Waals surface area contributed by atoms with E-state index < -0.39 is 17.5 Å². The molecular weight excluding hydrogens is 278 g/mol. The van der Waals surface area contributed by atoms with Gasteiger partial charge in [-0.05, 0) is 30.4 Å². The minimum absolute atomic E-state index is 0.0142. The Kier molecular flexibility index (Phi) is 4.77. The molecule has 4 nitrogen and oxygen atoms in total. The van der Waals surface area contributed by atoms with Crippen LogP contribution in [0.3, 0.4) is 0 Å². The number of hydrogen-bond donors (Lipinski definition) is 2. The van der Waals surface area contributed by atoms with Gasteiger partial charge in [0, 0.05) is 32.4 Å². The van der Waals surface area contributed by atoms with Crippen molar-refractivity contribution in [1.29, 1.82) is 0 Å². The summed E-state index contributed by atoms with van der Waals surface area (Å²) in [4.78, 5) is 12.0. The SMILES string of the molecule is CNc1c(F)cc(C(=O)NCC2(C)CCOCC2)cc1F. The van der Waals surface area contributed by atoms with Gasteiger partial charge in [0.1, 0.15) is 17.3 Å². The second-order valence-electron chi connectivity index (χ2n) is 5.67. The van der Waals surface area contributed by atoms with Gasteiger partial charge in [-0.25, -0.2) is 8.78 Å². The van der Waals surface area contributed by atoms with Gasteiger partial charge in [0.2, 0.25) is 0 Å². The zero-order chi connectivity index (χ0) is 15.5. The van der Waals surface area contributed by atoms with Crippen molar-refractivity contribution in [2.75, 3.05) is 32.1 Å². The van der Waals surface area contributed by atoms with Crippen LogP contribution in [0, 0.1) is 17.0 Å². The van der Waals surface area contributed by atoms with Crippen LogP contribution in [0.2, 0.25) is 0 Å². The van der Waals surface area contributed by atoms with Crippen molar-refractivity contribution in [2.45, 2.75) is 19.8 Å². The van der Waals surface area contributed by atoms with Gasteiger partial charge < -0.3 is 15.4 Å². The number of halogens is 2. The molecule has 0 spiro atoms. The molecule has 1 aliphatic heterocycles. The van der Waals surface area contributed by atoms with E-state index in [1.807, 2.05) is 0 Å². The van der Waals surface area contributed by atoms with Gasteiger partial charge in [-0.15, -0.1) is 0 Å². The van der Waals surface area contributed by atoms with Crippen LogP contribution in [0.15, 0.2) is 12.1 Å². The van der Waals surface area contributed by atoms with E-state index in [0.29, 0.717) is 19.8 Å². The normalized spacial score (nSPS) is 17.3. The number of amides is 1. The molecule has 0 bridgehead atoms. The lowest BCUT2D eigenvalue weighted by Gasteiger charge is -2.33. The zero-order valence-corrected chi connectivity index (χ0v) is 12.3. The van der Waals surface area contributed by atoms with Gasteiger partial charge in [0.25, 0.3) is 5.91 Å². The van der Waals surface area contributed by atoms with Gasteiger partial charge in [0.05, 0.1) is 0 Å². The highest BCUT2D eigenvalue weighted by Gasteiger charge is 2.28. The number of anilines is 1. The first-order valence-electron chi connectivity index (χ1n) is 6.98. The lowest BCUT2D eigenvalue weighted by atomic mass is 9.82. The van der Waals surface area contributed by atoms with Crippen molar-refractivity contribution >= 4 is 11.6 Å². The molecule has 0 saturated carbocycles. The van der Waals surface area contributed by atoms with Crippen LogP contribution in [0.5, 0.6) is 0 Å². The van der Waals surface area contributed by atoms with E-state index in [9.17, 15) is 13.6 Å². The van der Waals surface area contributed by atoms with Crippen molar-refractivity contribution in [3.63, 3.8) is 0 Å². The first kappa shape index (κ1) is 15.7. The molecular formula is C15H20F2N2O2. The number of benzene rings is 1. The fraction of sp³-hybridized carbons (Fsp3) is 0.533. The van der Waals surface area contributed by atoms with Gasteiger partial charge >= 0.3 is 0 Å². The fourth-order valence-electron chi connectivity index (χ4n) is 2.38. The number of ether oxygens (including phenoxy) is 1. The monoisotopic (exact) mass is 298 g/mol. The largest absolute Gasteiger partial charge is 0.383 e. The number of carbonyl (C=O) groups excluding carboxylic acids is 1. The Bertz CT molecular complexity index is 505. The molecule has 0 radical (unpaired) electrons. The highest BCUT2D eigenvalue weighted by molar-refractivity contribution is 5.94. The van der Waals surface area contributed by atoms with Crippen molar-refractivity contribution < 1.29 is 18.3 Å². The summed E-state index contributed by atoms with van der Waals surface area (Å²) in [6.07, 6.45) is 1.71. The summed E-state index contributed by atoms with van der Waals surface area (Å²) in [5, 5.41) is 5.18. The van der Waals surface area contributed by atoms with Crippen molar-refractivity contribution in [3.05, 3.63) is 29.3 Å². The molecule has 6 heteroatoms. The van der Waals surface area contributed by atoms with Crippen LogP contribution in [0.4, 0.5) is 14.5 Å². The average Bonchev–Trinajstić information content (AvgIpc) is 2.45. The second-order valence-corrected chi connectivity index (χ2v) is 5.67. The smallest absolute Gasteiger partial charge is 0.251 e. The van der Waals surface area contributed by atoms with E-state index >= 15 is 0 Å². The molecule has 1 fully saturated rings.